The Kier molecular flexibility index (Phi) is 10.9. The molecule has 1 fully saturated rings. The third-order valence-electron chi connectivity index (χ3n) is 8.85. The third-order valence-corrected chi connectivity index (χ3v) is 10.8. The van der Waals surface area contributed by atoms with Gasteiger partial charge in [0.05, 0.1) is 23.7 Å². The SMILES string of the molecule is COC(=O)C1CC=C(c2ccc(-c3nc4c(cc3Cl)nc(OC3CCN(C(=O)C(C)C)CC3)n4COCC[Si](C)(C)C)cc2)CC1. The Morgan fingerprint density at radius 2 is 1.74 bits per heavy atom. The predicted molar refractivity (Wildman–Crippen MR) is 184 cm³/mol. The number of hydrogen-bond acceptors (Lipinski definition) is 7. The number of carbonyl (C=O) groups is 2. The summed E-state index contributed by atoms with van der Waals surface area (Å²) in [6.07, 6.45) is 5.87. The van der Waals surface area contributed by atoms with Crippen molar-refractivity contribution in [1.82, 2.24) is 19.4 Å². The van der Waals surface area contributed by atoms with Crippen molar-refractivity contribution in [2.45, 2.75) is 84.5 Å². The van der Waals surface area contributed by atoms with Crippen LogP contribution in [0.4, 0.5) is 0 Å². The van der Waals surface area contributed by atoms with Crippen molar-refractivity contribution in [2.24, 2.45) is 11.8 Å². The van der Waals surface area contributed by atoms with Crippen LogP contribution >= 0.6 is 11.6 Å². The number of aromatic nitrogens is 3. The van der Waals surface area contributed by atoms with Crippen molar-refractivity contribution in [3.8, 4) is 17.3 Å². The lowest BCUT2D eigenvalue weighted by Crippen LogP contribution is -2.43. The van der Waals surface area contributed by atoms with Crippen LogP contribution in [0.15, 0.2) is 36.4 Å². The highest BCUT2D eigenvalue weighted by molar-refractivity contribution is 6.76. The standard InChI is InChI=1S/C35H47ClN4O5Si/c1-23(2)33(41)39-17-15-28(16-18-39)45-35-37-30-21-29(36)31(38-32(30)40(35)22-44-19-20-46(4,5)6)26-11-7-24(8-12-26)25-9-13-27(14-10-25)34(42)43-3/h7-9,11-12,21,23,27-28H,10,13-20,22H2,1-6H3. The van der Waals surface area contributed by atoms with Gasteiger partial charge in [-0.15, -0.1) is 0 Å². The number of fused-ring (bicyclic) bond motifs is 1. The topological polar surface area (TPSA) is 95.8 Å². The molecule has 1 amide bonds. The summed E-state index contributed by atoms with van der Waals surface area (Å²) in [6, 6.07) is 11.6. The third kappa shape index (κ3) is 8.19. The van der Waals surface area contributed by atoms with Crippen LogP contribution in [0.3, 0.4) is 0 Å². The van der Waals surface area contributed by atoms with E-state index in [4.69, 9.17) is 35.8 Å². The van der Waals surface area contributed by atoms with Crippen molar-refractivity contribution in [3.63, 3.8) is 0 Å². The molecule has 2 aromatic heterocycles. The van der Waals surface area contributed by atoms with Crippen LogP contribution in [0.25, 0.3) is 28.0 Å². The first-order valence-electron chi connectivity index (χ1n) is 16.4. The Balaban J connectivity index is 1.38. The molecular weight excluding hydrogens is 620 g/mol. The number of halogens is 1. The van der Waals surface area contributed by atoms with Crippen molar-refractivity contribution < 1.29 is 23.8 Å². The highest BCUT2D eigenvalue weighted by atomic mass is 35.5. The van der Waals surface area contributed by atoms with Gasteiger partial charge in [0.1, 0.15) is 18.4 Å². The maximum atomic E-state index is 12.5. The second-order valence-electron chi connectivity index (χ2n) is 13.9. The van der Waals surface area contributed by atoms with Crippen LogP contribution in [0.5, 0.6) is 6.01 Å². The number of pyridine rings is 1. The number of nitrogens with zero attached hydrogens (tertiary/aromatic N) is 4. The zero-order chi connectivity index (χ0) is 33.0. The molecule has 3 heterocycles. The minimum absolute atomic E-state index is 0.0127. The van der Waals surface area contributed by atoms with Gasteiger partial charge in [0.2, 0.25) is 5.91 Å². The van der Waals surface area contributed by atoms with Crippen molar-refractivity contribution in [3.05, 3.63) is 47.0 Å². The largest absolute Gasteiger partial charge is 0.469 e. The van der Waals surface area contributed by atoms with Gasteiger partial charge in [-0.25, -0.2) is 4.98 Å². The number of amides is 1. The number of methoxy groups -OCH3 is 1. The monoisotopic (exact) mass is 666 g/mol. The Hall–Kier alpha value is -3.21. The Morgan fingerprint density at radius 3 is 2.35 bits per heavy atom. The maximum Gasteiger partial charge on any atom is 0.308 e. The number of benzene rings is 1. The first-order chi connectivity index (χ1) is 21.9. The summed E-state index contributed by atoms with van der Waals surface area (Å²) in [5, 5.41) is 0.509. The molecule has 248 valence electrons. The fourth-order valence-corrected chi connectivity index (χ4v) is 6.99. The highest BCUT2D eigenvalue weighted by Crippen LogP contribution is 2.35. The average Bonchev–Trinajstić information content (AvgIpc) is 3.37. The molecule has 0 N–H and O–H groups in total. The van der Waals surface area contributed by atoms with Crippen LogP contribution in [-0.2, 0) is 25.8 Å². The summed E-state index contributed by atoms with van der Waals surface area (Å²) in [7, 11) is 0.181. The fourth-order valence-electron chi connectivity index (χ4n) is 5.97. The van der Waals surface area contributed by atoms with Crippen molar-refractivity contribution in [1.29, 1.82) is 0 Å². The molecule has 46 heavy (non-hydrogen) atoms. The molecule has 3 aromatic rings. The van der Waals surface area contributed by atoms with Gasteiger partial charge in [0.15, 0.2) is 5.65 Å². The van der Waals surface area contributed by atoms with Crippen LogP contribution in [0.1, 0.15) is 51.5 Å². The lowest BCUT2D eigenvalue weighted by molar-refractivity contribution is -0.145. The van der Waals surface area contributed by atoms with E-state index < -0.39 is 8.07 Å². The Bertz CT molecular complexity index is 1570. The summed E-state index contributed by atoms with van der Waals surface area (Å²) in [6.45, 7) is 13.1. The van der Waals surface area contributed by atoms with Crippen molar-refractivity contribution in [2.75, 3.05) is 26.8 Å². The van der Waals surface area contributed by atoms with Gasteiger partial charge in [0, 0.05) is 52.1 Å². The van der Waals surface area contributed by atoms with Gasteiger partial charge in [-0.3, -0.25) is 14.2 Å². The van der Waals surface area contributed by atoms with E-state index in [1.807, 2.05) is 41.5 Å². The first kappa shape index (κ1) is 34.1. The van der Waals surface area contributed by atoms with E-state index >= 15 is 0 Å². The molecular formula is C35H47ClN4O5Si. The number of ether oxygens (including phenoxy) is 3. The van der Waals surface area contributed by atoms with E-state index in [0.29, 0.717) is 54.0 Å². The zero-order valence-corrected chi connectivity index (χ0v) is 29.7. The normalized spacial score (nSPS) is 17.8. The molecule has 2 aliphatic rings. The molecule has 0 saturated carbocycles. The molecule has 1 saturated heterocycles. The van der Waals surface area contributed by atoms with E-state index in [9.17, 15) is 9.59 Å². The van der Waals surface area contributed by atoms with Crippen LogP contribution in [0, 0.1) is 11.8 Å². The predicted octanol–water partition coefficient (Wildman–Crippen LogP) is 7.45. The van der Waals surface area contributed by atoms with Gasteiger partial charge in [-0.1, -0.05) is 75.4 Å². The molecule has 5 rings (SSSR count). The van der Waals surface area contributed by atoms with E-state index in [1.165, 1.54) is 12.7 Å². The number of allylic oxidation sites excluding steroid dienone is 2. The molecule has 11 heteroatoms. The molecule has 1 atom stereocenters. The Morgan fingerprint density at radius 1 is 1.04 bits per heavy atom. The van der Waals surface area contributed by atoms with E-state index in [-0.39, 0.29) is 36.5 Å². The number of likely N-dealkylation sites (tertiary alicyclic amines) is 1. The van der Waals surface area contributed by atoms with E-state index in [1.54, 1.807) is 0 Å². The average molecular weight is 667 g/mol. The fraction of sp³-hybridized carbons (Fsp3) is 0.543. The lowest BCUT2D eigenvalue weighted by Gasteiger charge is -2.33. The number of esters is 1. The molecule has 9 nitrogen and oxygen atoms in total. The minimum Gasteiger partial charge on any atom is -0.469 e. The number of hydrogen-bond donors (Lipinski definition) is 0. The lowest BCUT2D eigenvalue weighted by atomic mass is 9.86. The maximum absolute atomic E-state index is 12.5. The number of piperidine rings is 1. The molecule has 0 spiro atoms. The van der Waals surface area contributed by atoms with Gasteiger partial charge in [-0.05, 0) is 42.5 Å². The quantitative estimate of drug-likeness (QED) is 0.119. The molecule has 1 aliphatic heterocycles. The first-order valence-corrected chi connectivity index (χ1v) is 20.5. The summed E-state index contributed by atoms with van der Waals surface area (Å²) >= 11 is 6.82. The van der Waals surface area contributed by atoms with Crippen LogP contribution < -0.4 is 4.74 Å². The second-order valence-corrected chi connectivity index (χ2v) is 20.0. The summed E-state index contributed by atoms with van der Waals surface area (Å²) < 4.78 is 19.5. The summed E-state index contributed by atoms with van der Waals surface area (Å²) in [5.41, 5.74) is 5.23. The van der Waals surface area contributed by atoms with E-state index in [0.717, 1.165) is 42.9 Å². The molecule has 1 unspecified atom stereocenters. The zero-order valence-electron chi connectivity index (χ0n) is 28.0. The number of rotatable bonds is 11. The Labute approximate surface area is 278 Å². The minimum atomic E-state index is -1.26. The van der Waals surface area contributed by atoms with E-state index in [2.05, 4.69) is 37.8 Å². The van der Waals surface area contributed by atoms with Crippen LogP contribution in [-0.4, -0.2) is 72.3 Å². The molecule has 0 bridgehead atoms. The van der Waals surface area contributed by atoms with Crippen molar-refractivity contribution >= 4 is 48.3 Å². The number of carbonyl (C=O) groups excluding carboxylic acids is 2. The van der Waals surface area contributed by atoms with Gasteiger partial charge in [-0.2, -0.15) is 4.98 Å². The van der Waals surface area contributed by atoms with Gasteiger partial charge in [0.25, 0.3) is 0 Å². The molecule has 0 radical (unpaired) electrons. The van der Waals surface area contributed by atoms with Gasteiger partial charge >= 0.3 is 12.0 Å². The molecule has 1 aromatic carbocycles. The molecule has 1 aliphatic carbocycles. The summed E-state index contributed by atoms with van der Waals surface area (Å²) in [4.78, 5) is 36.2. The van der Waals surface area contributed by atoms with Crippen LogP contribution in [0.2, 0.25) is 30.7 Å². The van der Waals surface area contributed by atoms with Gasteiger partial charge < -0.3 is 19.1 Å². The highest BCUT2D eigenvalue weighted by Gasteiger charge is 2.28. The summed E-state index contributed by atoms with van der Waals surface area (Å²) in [5.74, 6) is -0.0349. The second kappa shape index (κ2) is 14.7. The number of imidazole rings is 1. The smallest absolute Gasteiger partial charge is 0.308 e.